The number of aryl methyl sites for hydroxylation is 4. The average Bonchev–Trinajstić information content (AvgIpc) is 2.71. The number of hydrogen-bond donors (Lipinski definition) is 1. The van der Waals surface area contributed by atoms with E-state index in [9.17, 15) is 13.2 Å². The van der Waals surface area contributed by atoms with Crippen LogP contribution in [-0.4, -0.2) is 31.3 Å². The zero-order valence-electron chi connectivity index (χ0n) is 13.7. The molecule has 124 valence electrons. The van der Waals surface area contributed by atoms with Crippen molar-refractivity contribution in [1.82, 2.24) is 9.78 Å². The highest BCUT2D eigenvalue weighted by Gasteiger charge is 2.26. The second-order valence-corrected chi connectivity index (χ2v) is 6.95. The van der Waals surface area contributed by atoms with E-state index in [4.69, 9.17) is 4.74 Å². The first-order chi connectivity index (χ1) is 10.7. The molecule has 0 saturated heterocycles. The zero-order valence-corrected chi connectivity index (χ0v) is 14.5. The van der Waals surface area contributed by atoms with Crippen molar-refractivity contribution in [2.75, 3.05) is 11.8 Å². The standard InChI is InChI=1S/C15H19N3O4S/c1-9-6-7-12(10(2)8-9)23(20,21)17-13-11(3)16-18(4)14(13)15(19)22-5/h6-8,17H,1-5H3. The van der Waals surface area contributed by atoms with Crippen molar-refractivity contribution < 1.29 is 17.9 Å². The van der Waals surface area contributed by atoms with Gasteiger partial charge in [0.15, 0.2) is 5.69 Å². The molecule has 0 amide bonds. The number of sulfonamides is 1. The predicted octanol–water partition coefficient (Wildman–Crippen LogP) is 1.93. The lowest BCUT2D eigenvalue weighted by molar-refractivity contribution is 0.0589. The highest BCUT2D eigenvalue weighted by atomic mass is 32.2. The van der Waals surface area contributed by atoms with Crippen molar-refractivity contribution >= 4 is 21.7 Å². The van der Waals surface area contributed by atoms with Gasteiger partial charge in [-0.2, -0.15) is 5.10 Å². The third-order valence-corrected chi connectivity index (χ3v) is 4.97. The highest BCUT2D eigenvalue weighted by molar-refractivity contribution is 7.92. The number of aromatic nitrogens is 2. The molecule has 0 atom stereocenters. The largest absolute Gasteiger partial charge is 0.464 e. The second kappa shape index (κ2) is 6.04. The van der Waals surface area contributed by atoms with Gasteiger partial charge in [0.05, 0.1) is 17.7 Å². The van der Waals surface area contributed by atoms with Crippen molar-refractivity contribution in [3.8, 4) is 0 Å². The maximum Gasteiger partial charge on any atom is 0.358 e. The van der Waals surface area contributed by atoms with Crippen LogP contribution in [0.3, 0.4) is 0 Å². The van der Waals surface area contributed by atoms with Crippen LogP contribution in [0.5, 0.6) is 0 Å². The summed E-state index contributed by atoms with van der Waals surface area (Å²) in [6.45, 7) is 5.22. The van der Waals surface area contributed by atoms with E-state index >= 15 is 0 Å². The van der Waals surface area contributed by atoms with E-state index in [0.29, 0.717) is 11.3 Å². The van der Waals surface area contributed by atoms with Gasteiger partial charge in [-0.15, -0.1) is 0 Å². The molecule has 2 aromatic rings. The molecule has 8 heteroatoms. The Bertz CT molecular complexity index is 869. The Labute approximate surface area is 135 Å². The van der Waals surface area contributed by atoms with E-state index in [1.54, 1.807) is 33.0 Å². The number of anilines is 1. The van der Waals surface area contributed by atoms with Gasteiger partial charge in [-0.1, -0.05) is 17.7 Å². The fourth-order valence-electron chi connectivity index (χ4n) is 2.40. The van der Waals surface area contributed by atoms with E-state index < -0.39 is 16.0 Å². The number of carbonyl (C=O) groups excluding carboxylic acids is 1. The van der Waals surface area contributed by atoms with E-state index in [2.05, 4.69) is 9.82 Å². The Balaban J connectivity index is 2.52. The molecule has 1 aromatic heterocycles. The number of benzene rings is 1. The predicted molar refractivity (Wildman–Crippen MR) is 86.0 cm³/mol. The lowest BCUT2D eigenvalue weighted by atomic mass is 10.2. The molecule has 0 unspecified atom stereocenters. The SMILES string of the molecule is COC(=O)c1c(NS(=O)(=O)c2ccc(C)cc2C)c(C)nn1C. The van der Waals surface area contributed by atoms with Gasteiger partial charge >= 0.3 is 5.97 Å². The summed E-state index contributed by atoms with van der Waals surface area (Å²) in [6.07, 6.45) is 0. The summed E-state index contributed by atoms with van der Waals surface area (Å²) >= 11 is 0. The molecule has 7 nitrogen and oxygen atoms in total. The summed E-state index contributed by atoms with van der Waals surface area (Å²) < 4.78 is 33.8. The van der Waals surface area contributed by atoms with Gasteiger partial charge in [-0.3, -0.25) is 9.40 Å². The van der Waals surface area contributed by atoms with Crippen LogP contribution in [0.25, 0.3) is 0 Å². The van der Waals surface area contributed by atoms with E-state index in [1.807, 2.05) is 6.92 Å². The lowest BCUT2D eigenvalue weighted by Gasteiger charge is -2.11. The van der Waals surface area contributed by atoms with Crippen LogP contribution in [0.1, 0.15) is 27.3 Å². The molecule has 1 N–H and O–H groups in total. The minimum atomic E-state index is -3.85. The smallest absolute Gasteiger partial charge is 0.358 e. The van der Waals surface area contributed by atoms with Gasteiger partial charge in [-0.05, 0) is 32.4 Å². The van der Waals surface area contributed by atoms with Crippen LogP contribution < -0.4 is 4.72 Å². The molecule has 1 aromatic carbocycles. The van der Waals surface area contributed by atoms with Crippen LogP contribution in [-0.2, 0) is 21.8 Å². The molecule has 0 aliphatic heterocycles. The Morgan fingerprint density at radius 1 is 1.26 bits per heavy atom. The minimum absolute atomic E-state index is 0.0540. The molecular weight excluding hydrogens is 318 g/mol. The number of nitrogens with zero attached hydrogens (tertiary/aromatic N) is 2. The maximum absolute atomic E-state index is 12.7. The number of methoxy groups -OCH3 is 1. The van der Waals surface area contributed by atoms with E-state index in [-0.39, 0.29) is 16.3 Å². The summed E-state index contributed by atoms with van der Waals surface area (Å²) in [4.78, 5) is 12.0. The van der Waals surface area contributed by atoms with Crippen molar-refractivity contribution in [3.63, 3.8) is 0 Å². The Kier molecular flexibility index (Phi) is 4.46. The summed E-state index contributed by atoms with van der Waals surface area (Å²) in [6, 6.07) is 5.04. The Hall–Kier alpha value is -2.35. The van der Waals surface area contributed by atoms with E-state index in [0.717, 1.165) is 5.56 Å². The number of ether oxygens (including phenoxy) is 1. The van der Waals surface area contributed by atoms with Crippen LogP contribution >= 0.6 is 0 Å². The Morgan fingerprint density at radius 3 is 2.48 bits per heavy atom. The van der Waals surface area contributed by atoms with Crippen LogP contribution in [0.4, 0.5) is 5.69 Å². The third kappa shape index (κ3) is 3.21. The molecule has 1 heterocycles. The van der Waals surface area contributed by atoms with Gasteiger partial charge in [0, 0.05) is 7.05 Å². The summed E-state index contributed by atoms with van der Waals surface area (Å²) in [7, 11) is -1.07. The maximum atomic E-state index is 12.7. The number of carbonyl (C=O) groups is 1. The van der Waals surface area contributed by atoms with Gasteiger partial charge < -0.3 is 4.74 Å². The molecule has 0 bridgehead atoms. The highest BCUT2D eigenvalue weighted by Crippen LogP contribution is 2.25. The van der Waals surface area contributed by atoms with Gasteiger partial charge in [0.2, 0.25) is 0 Å². The zero-order chi connectivity index (χ0) is 17.4. The molecule has 0 spiro atoms. The van der Waals surface area contributed by atoms with E-state index in [1.165, 1.54) is 17.9 Å². The van der Waals surface area contributed by atoms with Crippen molar-refractivity contribution in [3.05, 3.63) is 40.7 Å². The van der Waals surface area contributed by atoms with Gasteiger partial charge in [0.1, 0.15) is 5.69 Å². The second-order valence-electron chi connectivity index (χ2n) is 5.30. The molecule has 23 heavy (non-hydrogen) atoms. The summed E-state index contributed by atoms with van der Waals surface area (Å²) in [5.41, 5.74) is 2.16. The monoisotopic (exact) mass is 337 g/mol. The molecule has 0 aliphatic rings. The first kappa shape index (κ1) is 17.0. The summed E-state index contributed by atoms with van der Waals surface area (Å²) in [5, 5.41) is 4.08. The first-order valence-corrected chi connectivity index (χ1v) is 8.37. The van der Waals surface area contributed by atoms with Crippen molar-refractivity contribution in [2.45, 2.75) is 25.7 Å². The average molecular weight is 337 g/mol. The molecule has 0 aliphatic carbocycles. The minimum Gasteiger partial charge on any atom is -0.464 e. The normalized spacial score (nSPS) is 11.3. The van der Waals surface area contributed by atoms with Crippen LogP contribution in [0, 0.1) is 20.8 Å². The number of rotatable bonds is 4. The number of nitrogens with one attached hydrogen (secondary N) is 1. The third-order valence-electron chi connectivity index (χ3n) is 3.46. The first-order valence-electron chi connectivity index (χ1n) is 6.89. The quantitative estimate of drug-likeness (QED) is 0.861. The van der Waals surface area contributed by atoms with Crippen LogP contribution in [0.15, 0.2) is 23.1 Å². The molecular formula is C15H19N3O4S. The molecule has 0 saturated carbocycles. The van der Waals surface area contributed by atoms with Crippen molar-refractivity contribution in [2.24, 2.45) is 7.05 Å². The Morgan fingerprint density at radius 2 is 1.91 bits per heavy atom. The fraction of sp³-hybridized carbons (Fsp3) is 0.333. The molecule has 2 rings (SSSR count). The number of hydrogen-bond acceptors (Lipinski definition) is 5. The van der Waals surface area contributed by atoms with Crippen molar-refractivity contribution in [1.29, 1.82) is 0 Å². The molecule has 0 radical (unpaired) electrons. The number of esters is 1. The lowest BCUT2D eigenvalue weighted by Crippen LogP contribution is -2.18. The molecule has 0 fully saturated rings. The van der Waals surface area contributed by atoms with Gasteiger partial charge in [0.25, 0.3) is 10.0 Å². The van der Waals surface area contributed by atoms with Crippen LogP contribution in [0.2, 0.25) is 0 Å². The summed E-state index contributed by atoms with van der Waals surface area (Å²) in [5.74, 6) is -0.661. The van der Waals surface area contributed by atoms with Gasteiger partial charge in [-0.25, -0.2) is 13.2 Å². The topological polar surface area (TPSA) is 90.3 Å². The fourth-order valence-corrected chi connectivity index (χ4v) is 3.75.